The molecular weight excluding hydrogens is 385 g/mol. The van der Waals surface area contributed by atoms with Crippen LogP contribution in [0.4, 0.5) is 4.39 Å². The number of aliphatic hydroxyl groups excluding tert-OH is 2. The van der Waals surface area contributed by atoms with Crippen LogP contribution in [0.25, 0.3) is 17.2 Å². The van der Waals surface area contributed by atoms with E-state index in [1.54, 1.807) is 18.2 Å². The first-order valence-electron chi connectivity index (χ1n) is 10.1. The Bertz CT molecular complexity index is 891. The van der Waals surface area contributed by atoms with E-state index in [4.69, 9.17) is 10.1 Å². The van der Waals surface area contributed by atoms with Gasteiger partial charge in [0.2, 0.25) is 0 Å². The monoisotopic (exact) mass is 415 g/mol. The molecule has 1 heterocycles. The number of carboxylic acid groups (broad SMARTS) is 1. The van der Waals surface area contributed by atoms with Crippen molar-refractivity contribution < 1.29 is 24.5 Å². The summed E-state index contributed by atoms with van der Waals surface area (Å²) in [4.78, 5) is 15.5. The second-order valence-corrected chi connectivity index (χ2v) is 8.12. The fourth-order valence-corrected chi connectivity index (χ4v) is 3.22. The predicted octanol–water partition coefficient (Wildman–Crippen LogP) is 4.73. The van der Waals surface area contributed by atoms with Crippen molar-refractivity contribution in [3.63, 3.8) is 0 Å². The maximum Gasteiger partial charge on any atom is 0.305 e. The Morgan fingerprint density at radius 1 is 1.10 bits per heavy atom. The lowest BCUT2D eigenvalue weighted by molar-refractivity contribution is -0.139. The number of carboxylic acids is 1. The average molecular weight is 416 g/mol. The largest absolute Gasteiger partial charge is 0.481 e. The highest BCUT2D eigenvalue weighted by Gasteiger charge is 2.18. The van der Waals surface area contributed by atoms with Crippen LogP contribution in [0.1, 0.15) is 69.3 Å². The van der Waals surface area contributed by atoms with Crippen molar-refractivity contribution >= 4 is 12.0 Å². The molecule has 30 heavy (non-hydrogen) atoms. The molecular formula is C24H30FNO4. The van der Waals surface area contributed by atoms with Gasteiger partial charge < -0.3 is 15.3 Å². The van der Waals surface area contributed by atoms with Crippen LogP contribution >= 0.6 is 0 Å². The van der Waals surface area contributed by atoms with Gasteiger partial charge in [-0.1, -0.05) is 52.0 Å². The average Bonchev–Trinajstić information content (AvgIpc) is 2.65. The summed E-state index contributed by atoms with van der Waals surface area (Å²) < 4.78 is 13.5. The number of nitrogens with zero attached hydrogens (tertiary/aromatic N) is 1. The molecule has 0 radical (unpaired) electrons. The summed E-state index contributed by atoms with van der Waals surface area (Å²) in [5.41, 5.74) is 4.31. The number of aliphatic hydroxyl groups is 2. The molecule has 0 saturated heterocycles. The number of benzene rings is 1. The Morgan fingerprint density at radius 2 is 1.73 bits per heavy atom. The minimum atomic E-state index is -1.13. The van der Waals surface area contributed by atoms with E-state index in [2.05, 4.69) is 13.8 Å². The topological polar surface area (TPSA) is 90.7 Å². The number of aromatic nitrogens is 1. The van der Waals surface area contributed by atoms with Gasteiger partial charge in [-0.3, -0.25) is 9.78 Å². The van der Waals surface area contributed by atoms with Gasteiger partial charge in [0.1, 0.15) is 5.82 Å². The lowest BCUT2D eigenvalue weighted by Gasteiger charge is -2.19. The Hall–Kier alpha value is -2.57. The van der Waals surface area contributed by atoms with E-state index in [1.807, 2.05) is 19.9 Å². The first-order chi connectivity index (χ1) is 14.1. The second-order valence-electron chi connectivity index (χ2n) is 8.12. The number of hydrogen-bond donors (Lipinski definition) is 3. The summed E-state index contributed by atoms with van der Waals surface area (Å²) in [7, 11) is 0. The zero-order valence-electron chi connectivity index (χ0n) is 17.8. The smallest absolute Gasteiger partial charge is 0.305 e. The molecule has 0 aliphatic rings. The Morgan fingerprint density at radius 3 is 2.27 bits per heavy atom. The van der Waals surface area contributed by atoms with E-state index in [1.165, 1.54) is 18.2 Å². The molecule has 0 bridgehead atoms. The van der Waals surface area contributed by atoms with E-state index < -0.39 is 24.6 Å². The third-order valence-corrected chi connectivity index (χ3v) is 4.81. The van der Waals surface area contributed by atoms with Crippen molar-refractivity contribution in [1.82, 2.24) is 4.98 Å². The second kappa shape index (κ2) is 10.5. The molecule has 0 fully saturated rings. The van der Waals surface area contributed by atoms with Crippen LogP contribution in [-0.2, 0) is 4.79 Å². The van der Waals surface area contributed by atoms with E-state index in [-0.39, 0.29) is 24.1 Å². The first kappa shape index (κ1) is 23.7. The molecule has 0 spiro atoms. The minimum absolute atomic E-state index is 0.0802. The van der Waals surface area contributed by atoms with Gasteiger partial charge in [-0.15, -0.1) is 0 Å². The number of aliphatic carboxylic acids is 1. The normalized spacial score (nSPS) is 13.9. The molecule has 3 N–H and O–H groups in total. The number of rotatable bonds is 9. The third-order valence-electron chi connectivity index (χ3n) is 4.81. The summed E-state index contributed by atoms with van der Waals surface area (Å²) in [6.45, 7) is 8.19. The van der Waals surface area contributed by atoms with Gasteiger partial charge in [-0.2, -0.15) is 0 Å². The van der Waals surface area contributed by atoms with Crippen LogP contribution in [0, 0.1) is 5.82 Å². The molecule has 2 aromatic rings. The molecule has 162 valence electrons. The minimum Gasteiger partial charge on any atom is -0.481 e. The molecule has 5 nitrogen and oxygen atoms in total. The number of carbonyl (C=O) groups is 1. The van der Waals surface area contributed by atoms with Crippen molar-refractivity contribution in [1.29, 1.82) is 0 Å². The lowest BCUT2D eigenvalue weighted by atomic mass is 9.91. The van der Waals surface area contributed by atoms with Gasteiger partial charge in [0.15, 0.2) is 0 Å². The molecule has 6 heteroatoms. The maximum absolute atomic E-state index is 13.5. The molecule has 1 unspecified atom stereocenters. The Kier molecular flexibility index (Phi) is 8.26. The molecule has 0 amide bonds. The maximum atomic E-state index is 13.5. The van der Waals surface area contributed by atoms with Crippen LogP contribution in [0.15, 0.2) is 36.4 Å². The van der Waals surface area contributed by atoms with Gasteiger partial charge in [-0.25, -0.2) is 4.39 Å². The van der Waals surface area contributed by atoms with Gasteiger partial charge in [-0.05, 0) is 41.2 Å². The zero-order valence-corrected chi connectivity index (χ0v) is 17.8. The SMILES string of the molecule is CC(C)c1cc(-c2ccc(F)cc2)c(/C=C/C(O)C[C@@H](O)CC(=O)O)c(C(C)C)n1. The van der Waals surface area contributed by atoms with Crippen LogP contribution in [-0.4, -0.2) is 38.5 Å². The van der Waals surface area contributed by atoms with Gasteiger partial charge in [0.25, 0.3) is 0 Å². The molecule has 1 aromatic carbocycles. The standard InChI is InChI=1S/C24H30FNO4/c1-14(2)22-13-21(16-5-7-17(25)8-6-16)20(24(26-22)15(3)4)10-9-18(27)11-19(28)12-23(29)30/h5-10,13-15,18-19,27-28H,11-12H2,1-4H3,(H,29,30)/b10-9+/t18?,19-/m1/s1. The first-order valence-corrected chi connectivity index (χ1v) is 10.1. The van der Waals surface area contributed by atoms with E-state index in [0.717, 1.165) is 28.1 Å². The number of hydrogen-bond acceptors (Lipinski definition) is 4. The van der Waals surface area contributed by atoms with Crippen molar-refractivity contribution in [2.75, 3.05) is 0 Å². The summed E-state index contributed by atoms with van der Waals surface area (Å²) in [5.74, 6) is -1.12. The summed E-state index contributed by atoms with van der Waals surface area (Å²) in [6.07, 6.45) is 0.644. The fourth-order valence-electron chi connectivity index (χ4n) is 3.22. The number of halogens is 1. The predicted molar refractivity (Wildman–Crippen MR) is 116 cm³/mol. The number of pyridine rings is 1. The van der Waals surface area contributed by atoms with E-state index in [9.17, 15) is 19.4 Å². The Balaban J connectivity index is 2.49. The van der Waals surface area contributed by atoms with Crippen LogP contribution < -0.4 is 0 Å². The van der Waals surface area contributed by atoms with Crippen LogP contribution in [0.3, 0.4) is 0 Å². The molecule has 0 aliphatic heterocycles. The summed E-state index contributed by atoms with van der Waals surface area (Å²) in [6, 6.07) is 8.22. The molecule has 2 atom stereocenters. The van der Waals surface area contributed by atoms with Crippen molar-refractivity contribution in [3.05, 3.63) is 59.2 Å². The van der Waals surface area contributed by atoms with Crippen LogP contribution in [0.5, 0.6) is 0 Å². The quantitative estimate of drug-likeness (QED) is 0.551. The molecule has 1 aromatic heterocycles. The highest BCUT2D eigenvalue weighted by Crippen LogP contribution is 2.33. The molecule has 0 saturated carbocycles. The van der Waals surface area contributed by atoms with Gasteiger partial charge in [0.05, 0.1) is 24.3 Å². The third kappa shape index (κ3) is 6.47. The highest BCUT2D eigenvalue weighted by molar-refractivity contribution is 5.77. The van der Waals surface area contributed by atoms with Gasteiger partial charge >= 0.3 is 5.97 Å². The van der Waals surface area contributed by atoms with Crippen molar-refractivity contribution in [3.8, 4) is 11.1 Å². The van der Waals surface area contributed by atoms with E-state index in [0.29, 0.717) is 0 Å². The highest BCUT2D eigenvalue weighted by atomic mass is 19.1. The molecule has 2 rings (SSSR count). The van der Waals surface area contributed by atoms with Crippen molar-refractivity contribution in [2.24, 2.45) is 0 Å². The summed E-state index contributed by atoms with van der Waals surface area (Å²) in [5, 5.41) is 28.8. The van der Waals surface area contributed by atoms with E-state index >= 15 is 0 Å². The lowest BCUT2D eigenvalue weighted by Crippen LogP contribution is -2.19. The van der Waals surface area contributed by atoms with Crippen LogP contribution in [0.2, 0.25) is 0 Å². The Labute approximate surface area is 176 Å². The van der Waals surface area contributed by atoms with Gasteiger partial charge in [0, 0.05) is 17.7 Å². The molecule has 0 aliphatic carbocycles. The summed E-state index contributed by atoms with van der Waals surface area (Å²) >= 11 is 0. The van der Waals surface area contributed by atoms with Crippen molar-refractivity contribution in [2.45, 2.75) is 64.6 Å². The zero-order chi connectivity index (χ0) is 22.4. The fraction of sp³-hybridized carbons (Fsp3) is 0.417.